The van der Waals surface area contributed by atoms with Crippen molar-refractivity contribution in [1.29, 1.82) is 0 Å². The second-order valence-electron chi connectivity index (χ2n) is 4.61. The van der Waals surface area contributed by atoms with Crippen molar-refractivity contribution in [2.24, 2.45) is 5.10 Å². The third-order valence-electron chi connectivity index (χ3n) is 3.07. The van der Waals surface area contributed by atoms with Crippen LogP contribution in [0.5, 0.6) is 0 Å². The first-order valence-corrected chi connectivity index (χ1v) is 7.29. The number of aromatic nitrogens is 2. The van der Waals surface area contributed by atoms with Crippen LogP contribution in [0.1, 0.15) is 5.56 Å². The summed E-state index contributed by atoms with van der Waals surface area (Å²) in [7, 11) is 0. The lowest BCUT2D eigenvalue weighted by atomic mass is 10.2. The molecule has 2 N–H and O–H groups in total. The SMILES string of the molecule is Nc1nc(-c2ccccc2)cn1N=Cc1ccc(Cl)cc1Cl. The molecular weight excluding hydrogens is 319 g/mol. The van der Waals surface area contributed by atoms with Crippen LogP contribution in [0, 0.1) is 0 Å². The quantitative estimate of drug-likeness (QED) is 0.727. The average Bonchev–Trinajstić information content (AvgIpc) is 2.88. The standard InChI is InChI=1S/C16H12Cl2N4/c17-13-7-6-12(14(18)8-13)9-20-22-10-15(21-16(22)19)11-4-2-1-3-5-11/h1-10H,(H2,19,21). The predicted molar refractivity (Wildman–Crippen MR) is 91.5 cm³/mol. The first-order valence-electron chi connectivity index (χ1n) is 6.53. The van der Waals surface area contributed by atoms with Gasteiger partial charge in [0.05, 0.1) is 23.1 Å². The molecule has 3 aromatic rings. The summed E-state index contributed by atoms with van der Waals surface area (Å²) in [5.41, 5.74) is 8.38. The number of hydrogen-bond donors (Lipinski definition) is 1. The molecule has 0 unspecified atom stereocenters. The fraction of sp³-hybridized carbons (Fsp3) is 0. The summed E-state index contributed by atoms with van der Waals surface area (Å²) >= 11 is 12.0. The van der Waals surface area contributed by atoms with Crippen molar-refractivity contribution in [3.63, 3.8) is 0 Å². The summed E-state index contributed by atoms with van der Waals surface area (Å²) in [5, 5.41) is 5.39. The molecule has 0 bridgehead atoms. The first kappa shape index (κ1) is 14.6. The molecule has 2 aromatic carbocycles. The molecule has 22 heavy (non-hydrogen) atoms. The lowest BCUT2D eigenvalue weighted by Crippen LogP contribution is -1.97. The molecule has 0 atom stereocenters. The van der Waals surface area contributed by atoms with Crippen molar-refractivity contribution in [1.82, 2.24) is 9.66 Å². The smallest absolute Gasteiger partial charge is 0.221 e. The van der Waals surface area contributed by atoms with Crippen molar-refractivity contribution in [3.05, 3.63) is 70.3 Å². The zero-order valence-corrected chi connectivity index (χ0v) is 13.0. The van der Waals surface area contributed by atoms with Crippen LogP contribution in [0.25, 0.3) is 11.3 Å². The Hall–Kier alpha value is -2.30. The van der Waals surface area contributed by atoms with Crippen molar-refractivity contribution < 1.29 is 0 Å². The summed E-state index contributed by atoms with van der Waals surface area (Å²) < 4.78 is 1.51. The van der Waals surface area contributed by atoms with E-state index in [0.29, 0.717) is 16.0 Å². The van der Waals surface area contributed by atoms with E-state index in [1.807, 2.05) is 30.3 Å². The monoisotopic (exact) mass is 330 g/mol. The van der Waals surface area contributed by atoms with Crippen LogP contribution in [0.4, 0.5) is 5.95 Å². The summed E-state index contributed by atoms with van der Waals surface area (Å²) in [6.07, 6.45) is 3.39. The zero-order valence-electron chi connectivity index (χ0n) is 11.4. The van der Waals surface area contributed by atoms with Gasteiger partial charge in [0.2, 0.25) is 5.95 Å². The molecule has 0 aliphatic rings. The van der Waals surface area contributed by atoms with E-state index in [2.05, 4.69) is 10.1 Å². The van der Waals surface area contributed by atoms with Gasteiger partial charge in [0.25, 0.3) is 0 Å². The number of nitrogen functional groups attached to an aromatic ring is 1. The maximum absolute atomic E-state index is 6.10. The fourth-order valence-corrected chi connectivity index (χ4v) is 2.41. The molecule has 0 saturated carbocycles. The summed E-state index contributed by atoms with van der Waals surface area (Å²) in [4.78, 5) is 4.30. The molecule has 1 heterocycles. The number of hydrogen-bond acceptors (Lipinski definition) is 3. The Labute approximate surface area is 137 Å². The van der Waals surface area contributed by atoms with Crippen molar-refractivity contribution >= 4 is 35.4 Å². The van der Waals surface area contributed by atoms with E-state index < -0.39 is 0 Å². The maximum Gasteiger partial charge on any atom is 0.221 e. The van der Waals surface area contributed by atoms with E-state index in [1.54, 1.807) is 30.6 Å². The van der Waals surface area contributed by atoms with E-state index >= 15 is 0 Å². The van der Waals surface area contributed by atoms with E-state index in [9.17, 15) is 0 Å². The molecule has 1 aromatic heterocycles. The van der Waals surface area contributed by atoms with Crippen LogP contribution in [0.3, 0.4) is 0 Å². The van der Waals surface area contributed by atoms with Gasteiger partial charge in [-0.3, -0.25) is 0 Å². The van der Waals surface area contributed by atoms with Gasteiger partial charge < -0.3 is 5.73 Å². The maximum atomic E-state index is 6.10. The normalized spacial score (nSPS) is 11.2. The van der Waals surface area contributed by atoms with Crippen LogP contribution in [-0.2, 0) is 0 Å². The van der Waals surface area contributed by atoms with Gasteiger partial charge in [-0.25, -0.2) is 9.66 Å². The Morgan fingerprint density at radius 1 is 1.09 bits per heavy atom. The molecule has 3 rings (SSSR count). The molecule has 6 heteroatoms. The van der Waals surface area contributed by atoms with E-state index in [4.69, 9.17) is 28.9 Å². The van der Waals surface area contributed by atoms with Crippen molar-refractivity contribution in [2.45, 2.75) is 0 Å². The molecule has 0 aliphatic carbocycles. The number of halogens is 2. The van der Waals surface area contributed by atoms with Crippen molar-refractivity contribution in [3.8, 4) is 11.3 Å². The minimum absolute atomic E-state index is 0.306. The largest absolute Gasteiger partial charge is 0.368 e. The summed E-state index contributed by atoms with van der Waals surface area (Å²) in [6, 6.07) is 15.0. The fourth-order valence-electron chi connectivity index (χ4n) is 1.96. The molecule has 0 spiro atoms. The first-order chi connectivity index (χ1) is 10.6. The Morgan fingerprint density at radius 3 is 2.59 bits per heavy atom. The molecule has 110 valence electrons. The van der Waals surface area contributed by atoms with Gasteiger partial charge in [-0.1, -0.05) is 59.6 Å². The van der Waals surface area contributed by atoms with E-state index in [0.717, 1.165) is 16.8 Å². The molecule has 0 fully saturated rings. The van der Waals surface area contributed by atoms with Gasteiger partial charge in [-0.05, 0) is 12.1 Å². The third kappa shape index (κ3) is 3.13. The van der Waals surface area contributed by atoms with Crippen molar-refractivity contribution in [2.75, 3.05) is 5.73 Å². The lowest BCUT2D eigenvalue weighted by Gasteiger charge is -1.99. The minimum Gasteiger partial charge on any atom is -0.368 e. The van der Waals surface area contributed by atoms with Gasteiger partial charge in [0, 0.05) is 16.1 Å². The number of nitrogens with two attached hydrogens (primary N) is 1. The number of nitrogens with zero attached hydrogens (tertiary/aromatic N) is 3. The predicted octanol–water partition coefficient (Wildman–Crippen LogP) is 4.32. The number of imidazole rings is 1. The number of anilines is 1. The van der Waals surface area contributed by atoms with E-state index in [1.165, 1.54) is 4.68 Å². The van der Waals surface area contributed by atoms with Crippen LogP contribution in [0.15, 0.2) is 59.8 Å². The van der Waals surface area contributed by atoms with Gasteiger partial charge in [-0.15, -0.1) is 0 Å². The van der Waals surface area contributed by atoms with Gasteiger partial charge in [-0.2, -0.15) is 5.10 Å². The summed E-state index contributed by atoms with van der Waals surface area (Å²) in [6.45, 7) is 0. The Morgan fingerprint density at radius 2 is 1.86 bits per heavy atom. The molecule has 0 aliphatic heterocycles. The molecule has 0 saturated heterocycles. The zero-order chi connectivity index (χ0) is 15.5. The Bertz CT molecular complexity index is 825. The Kier molecular flexibility index (Phi) is 4.13. The van der Waals surface area contributed by atoms with Crippen LogP contribution in [-0.4, -0.2) is 15.9 Å². The molecular formula is C16H12Cl2N4. The second kappa shape index (κ2) is 6.22. The third-order valence-corrected chi connectivity index (χ3v) is 3.63. The van der Waals surface area contributed by atoms with Gasteiger partial charge >= 0.3 is 0 Å². The molecule has 0 radical (unpaired) electrons. The Balaban J connectivity index is 1.90. The molecule has 0 amide bonds. The average molecular weight is 331 g/mol. The van der Waals surface area contributed by atoms with E-state index in [-0.39, 0.29) is 0 Å². The topological polar surface area (TPSA) is 56.2 Å². The minimum atomic E-state index is 0.306. The highest BCUT2D eigenvalue weighted by atomic mass is 35.5. The van der Waals surface area contributed by atoms with Crippen LogP contribution >= 0.6 is 23.2 Å². The lowest BCUT2D eigenvalue weighted by molar-refractivity contribution is 0.898. The van der Waals surface area contributed by atoms with Crippen LogP contribution < -0.4 is 5.73 Å². The van der Waals surface area contributed by atoms with Gasteiger partial charge in [0.15, 0.2) is 0 Å². The summed E-state index contributed by atoms with van der Waals surface area (Å²) in [5.74, 6) is 0.306. The molecule has 4 nitrogen and oxygen atoms in total. The van der Waals surface area contributed by atoms with Crippen LogP contribution in [0.2, 0.25) is 10.0 Å². The number of rotatable bonds is 3. The second-order valence-corrected chi connectivity index (χ2v) is 5.45. The van der Waals surface area contributed by atoms with Gasteiger partial charge in [0.1, 0.15) is 0 Å². The number of benzene rings is 2. The highest BCUT2D eigenvalue weighted by molar-refractivity contribution is 6.36. The highest BCUT2D eigenvalue weighted by Gasteiger charge is 2.06. The highest BCUT2D eigenvalue weighted by Crippen LogP contribution is 2.21.